The molecule has 6 atom stereocenters. The summed E-state index contributed by atoms with van der Waals surface area (Å²) >= 11 is 0. The van der Waals surface area contributed by atoms with Gasteiger partial charge in [-0.25, -0.2) is 14.4 Å². The van der Waals surface area contributed by atoms with Gasteiger partial charge in [-0.3, -0.25) is 14.5 Å². The van der Waals surface area contributed by atoms with Crippen LogP contribution in [0.4, 0.5) is 9.59 Å². The average molecular weight is 854 g/mol. The van der Waals surface area contributed by atoms with Gasteiger partial charge < -0.3 is 42.8 Å². The third-order valence-electron chi connectivity index (χ3n) is 12.7. The molecule has 3 amide bonds. The van der Waals surface area contributed by atoms with Crippen molar-refractivity contribution < 1.29 is 57.0 Å². The zero-order valence-electron chi connectivity index (χ0n) is 38.8. The van der Waals surface area contributed by atoms with Crippen LogP contribution in [0.5, 0.6) is 11.5 Å². The predicted octanol–water partition coefficient (Wildman–Crippen LogP) is 6.92. The van der Waals surface area contributed by atoms with Gasteiger partial charge in [0.25, 0.3) is 0 Å². The van der Waals surface area contributed by atoms with E-state index in [1.807, 2.05) is 0 Å². The normalized spacial score (nSPS) is 27.0. The third-order valence-corrected chi connectivity index (χ3v) is 12.7. The van der Waals surface area contributed by atoms with Gasteiger partial charge in [0.15, 0.2) is 5.75 Å². The van der Waals surface area contributed by atoms with Crippen LogP contribution in [-0.2, 0) is 39.5 Å². The number of amides is 3. The number of rotatable bonds is 10. The molecule has 0 radical (unpaired) electrons. The van der Waals surface area contributed by atoms with Crippen molar-refractivity contribution in [2.75, 3.05) is 33.7 Å². The van der Waals surface area contributed by atoms with E-state index in [9.17, 15) is 24.0 Å². The number of carbonyl (C=O) groups excluding carboxylic acids is 5. The van der Waals surface area contributed by atoms with Crippen LogP contribution in [0.3, 0.4) is 0 Å². The van der Waals surface area contributed by atoms with Gasteiger partial charge in [-0.15, -0.1) is 0 Å². The van der Waals surface area contributed by atoms with Crippen molar-refractivity contribution >= 4 is 37.2 Å². The van der Waals surface area contributed by atoms with Crippen LogP contribution in [0.25, 0.3) is 0 Å². The molecule has 7 rings (SSSR count). The summed E-state index contributed by atoms with van der Waals surface area (Å²) in [7, 11) is 2.79. The van der Waals surface area contributed by atoms with Crippen molar-refractivity contribution in [1.29, 1.82) is 0 Å². The molecule has 3 aliphatic heterocycles. The highest BCUT2D eigenvalue weighted by molar-refractivity contribution is 6.45. The van der Waals surface area contributed by atoms with Gasteiger partial charge in [-0.05, 0) is 136 Å². The average Bonchev–Trinajstić information content (AvgIpc) is 3.66. The quantitative estimate of drug-likeness (QED) is 0.104. The summed E-state index contributed by atoms with van der Waals surface area (Å²) in [6.07, 6.45) is 1.27. The fourth-order valence-electron chi connectivity index (χ4n) is 9.64. The molecule has 3 aliphatic carbocycles. The lowest BCUT2D eigenvalue weighted by molar-refractivity contribution is -0.199. The lowest BCUT2D eigenvalue weighted by atomic mass is 9.43. The Morgan fingerprint density at radius 1 is 0.852 bits per heavy atom. The fourth-order valence-corrected chi connectivity index (χ4v) is 9.64. The fraction of sp³-hybridized carbons (Fsp3) is 0.756. The first-order valence-electron chi connectivity index (χ1n) is 21.8. The Labute approximate surface area is 361 Å². The highest BCUT2D eigenvalue weighted by Crippen LogP contribution is 2.65. The number of hydrogen-bond acceptors (Lipinski definition) is 12. The van der Waals surface area contributed by atoms with Crippen molar-refractivity contribution in [3.8, 4) is 11.5 Å². The lowest BCUT2D eigenvalue weighted by Crippen LogP contribution is -2.65. The molecule has 0 spiro atoms. The number of benzene rings is 1. The molecule has 6 fully saturated rings. The van der Waals surface area contributed by atoms with Gasteiger partial charge >= 0.3 is 25.3 Å². The third kappa shape index (κ3) is 10.3. The Hall–Kier alpha value is -4.05. The second-order valence-electron chi connectivity index (χ2n) is 21.7. The van der Waals surface area contributed by atoms with Crippen LogP contribution < -0.4 is 9.47 Å². The Bertz CT molecular complexity index is 1880. The molecular weight excluding hydrogens is 785 g/mol. The molecule has 0 N–H and O–H groups in total. The highest BCUT2D eigenvalue weighted by Gasteiger charge is 2.67. The largest absolute Gasteiger partial charge is 0.514 e. The zero-order chi connectivity index (χ0) is 45.2. The van der Waals surface area contributed by atoms with E-state index >= 15 is 0 Å². The molecule has 338 valence electrons. The molecule has 16 heteroatoms. The summed E-state index contributed by atoms with van der Waals surface area (Å²) in [6, 6.07) is 2.70. The standard InChI is InChI=1S/C45H68BN3O12/c1-41(2,3)57-38(52)35-31(55-29-24-48(25-29)34(50)20-26-19-30(37(51)47(13)14)49(23-26)39(53)58-42(4,5)6)16-15-27(36(35)56-40(54)59-43(7,8)9)17-18-46-60-33-22-28-21-32(44(28,10)11)45(33,12)61-46/h15-16,26,28-30,32-33H,17-25H2,1-14H3/t26-,28+,30+,32+,33-,45+/m1/s1. The van der Waals surface area contributed by atoms with Crippen molar-refractivity contribution in [3.05, 3.63) is 23.3 Å². The molecule has 61 heavy (non-hydrogen) atoms. The number of ether oxygens (including phenoxy) is 5. The summed E-state index contributed by atoms with van der Waals surface area (Å²) in [5, 5.41) is 0. The van der Waals surface area contributed by atoms with Gasteiger partial charge in [0.05, 0.1) is 24.8 Å². The number of nitrogens with zero attached hydrogens (tertiary/aromatic N) is 3. The van der Waals surface area contributed by atoms with Crippen molar-refractivity contribution in [3.63, 3.8) is 0 Å². The molecule has 1 aromatic rings. The second-order valence-corrected chi connectivity index (χ2v) is 21.7. The number of likely N-dealkylation sites (N-methyl/N-ethyl adjacent to an activating group) is 1. The maximum atomic E-state index is 14.1. The summed E-state index contributed by atoms with van der Waals surface area (Å²) in [5.41, 5.74) is -2.23. The minimum Gasteiger partial charge on any atom is -0.486 e. The smallest absolute Gasteiger partial charge is 0.486 e. The van der Waals surface area contributed by atoms with Crippen LogP contribution in [-0.4, -0.2) is 126 Å². The Balaban J connectivity index is 1.18. The van der Waals surface area contributed by atoms with Crippen molar-refractivity contribution in [2.24, 2.45) is 23.2 Å². The van der Waals surface area contributed by atoms with E-state index in [0.29, 0.717) is 36.6 Å². The van der Waals surface area contributed by atoms with Crippen LogP contribution >= 0.6 is 0 Å². The second kappa shape index (κ2) is 16.6. The zero-order valence-corrected chi connectivity index (χ0v) is 38.8. The van der Waals surface area contributed by atoms with Crippen LogP contribution in [0.1, 0.15) is 125 Å². The molecule has 3 saturated heterocycles. The van der Waals surface area contributed by atoms with E-state index in [1.165, 1.54) is 9.80 Å². The molecule has 0 aromatic heterocycles. The SMILES string of the molecule is CN(C)C(=O)[C@@H]1C[C@H](CC(=O)N2CC(Oc3ccc(CCB4O[C@@H]5C[C@@H]6C[C@@H](C6(C)C)[C@]5(C)O4)c(OC(=O)OC(C)(C)C)c3C(=O)OC(C)(C)C)C2)CN1C(=O)OC(C)(C)C. The maximum Gasteiger partial charge on any atom is 0.514 e. The van der Waals surface area contributed by atoms with E-state index in [0.717, 1.165) is 12.8 Å². The molecule has 0 unspecified atom stereocenters. The van der Waals surface area contributed by atoms with Gasteiger partial charge in [-0.2, -0.15) is 0 Å². The van der Waals surface area contributed by atoms with Crippen LogP contribution in [0.2, 0.25) is 6.32 Å². The Morgan fingerprint density at radius 3 is 2.08 bits per heavy atom. The van der Waals surface area contributed by atoms with E-state index in [4.69, 9.17) is 33.0 Å². The van der Waals surface area contributed by atoms with Crippen LogP contribution in [0, 0.1) is 23.2 Å². The maximum absolute atomic E-state index is 14.1. The van der Waals surface area contributed by atoms with E-state index in [2.05, 4.69) is 20.8 Å². The van der Waals surface area contributed by atoms with Crippen molar-refractivity contribution in [1.82, 2.24) is 14.7 Å². The minimum atomic E-state index is -0.989. The highest BCUT2D eigenvalue weighted by atomic mass is 16.7. The number of carbonyl (C=O) groups is 5. The summed E-state index contributed by atoms with van der Waals surface area (Å²) in [4.78, 5) is 71.7. The lowest BCUT2D eigenvalue weighted by Gasteiger charge is -2.64. The first kappa shape index (κ1) is 46.5. The molecule has 3 heterocycles. The number of likely N-dealkylation sites (tertiary alicyclic amines) is 2. The number of hydrogen-bond donors (Lipinski definition) is 0. The van der Waals surface area contributed by atoms with E-state index in [1.54, 1.807) is 93.4 Å². The predicted molar refractivity (Wildman–Crippen MR) is 226 cm³/mol. The summed E-state index contributed by atoms with van der Waals surface area (Å²) in [6.45, 7) is 23.2. The van der Waals surface area contributed by atoms with E-state index < -0.39 is 54.3 Å². The van der Waals surface area contributed by atoms with Gasteiger partial charge in [0, 0.05) is 27.1 Å². The van der Waals surface area contributed by atoms with Crippen molar-refractivity contribution in [2.45, 2.75) is 162 Å². The topological polar surface area (TPSA) is 160 Å². The first-order valence-corrected chi connectivity index (χ1v) is 21.8. The number of aryl methyl sites for hydroxylation is 1. The molecule has 6 aliphatic rings. The van der Waals surface area contributed by atoms with E-state index in [-0.39, 0.29) is 78.0 Å². The summed E-state index contributed by atoms with van der Waals surface area (Å²) in [5.74, 6) is -0.266. The Kier molecular flexibility index (Phi) is 12.6. The van der Waals surface area contributed by atoms with Gasteiger partial charge in [0.2, 0.25) is 11.8 Å². The van der Waals surface area contributed by atoms with Gasteiger partial charge in [-0.1, -0.05) is 19.9 Å². The van der Waals surface area contributed by atoms with Crippen LogP contribution in [0.15, 0.2) is 12.1 Å². The minimum absolute atomic E-state index is 0.00284. The Morgan fingerprint density at radius 2 is 1.49 bits per heavy atom. The molecule has 2 bridgehead atoms. The number of esters is 1. The molecule has 1 aromatic carbocycles. The summed E-state index contributed by atoms with van der Waals surface area (Å²) < 4.78 is 42.5. The first-order chi connectivity index (χ1) is 28.0. The molecule has 3 saturated carbocycles. The van der Waals surface area contributed by atoms with Gasteiger partial charge in [0.1, 0.15) is 40.3 Å². The molecular formula is C45H68BN3O12. The molecule has 15 nitrogen and oxygen atoms in total. The monoisotopic (exact) mass is 853 g/mol.